The lowest BCUT2D eigenvalue weighted by molar-refractivity contribution is -0.136. The summed E-state index contributed by atoms with van der Waals surface area (Å²) in [5, 5.41) is 5.66. The number of ether oxygens (including phenoxy) is 1. The number of aromatic nitrogens is 1. The Hall–Kier alpha value is -3.59. The van der Waals surface area contributed by atoms with E-state index in [0.717, 1.165) is 16.8 Å². The van der Waals surface area contributed by atoms with Crippen LogP contribution in [-0.2, 0) is 16.1 Å². The van der Waals surface area contributed by atoms with Crippen molar-refractivity contribution in [3.05, 3.63) is 78.8 Å². The van der Waals surface area contributed by atoms with Crippen molar-refractivity contribution in [2.45, 2.75) is 32.4 Å². The molecule has 2 aromatic carbocycles. The van der Waals surface area contributed by atoms with Gasteiger partial charge in [0, 0.05) is 30.6 Å². The number of hydrogen-bond donors (Lipinski definition) is 2. The van der Waals surface area contributed by atoms with E-state index in [1.54, 1.807) is 12.3 Å². The third-order valence-corrected chi connectivity index (χ3v) is 4.98. The maximum absolute atomic E-state index is 13.9. The van der Waals surface area contributed by atoms with E-state index in [1.807, 2.05) is 24.3 Å². The summed E-state index contributed by atoms with van der Waals surface area (Å²) in [7, 11) is 0. The molecule has 9 heteroatoms. The average molecular weight is 455 g/mol. The number of amides is 2. The SMILES string of the molecule is [CH2]CC[C@H](COC(=O)Nc1cc2ccccc2cn1)N(NCc1cccc(F)c1F)C(C)=O. The number of anilines is 1. The molecule has 1 atom stereocenters. The molecule has 3 aromatic rings. The van der Waals surface area contributed by atoms with Gasteiger partial charge in [-0.1, -0.05) is 49.7 Å². The second-order valence-electron chi connectivity index (χ2n) is 7.37. The van der Waals surface area contributed by atoms with E-state index in [9.17, 15) is 18.4 Å². The highest BCUT2D eigenvalue weighted by molar-refractivity contribution is 5.89. The predicted octanol–water partition coefficient (Wildman–Crippen LogP) is 4.60. The van der Waals surface area contributed by atoms with E-state index in [-0.39, 0.29) is 24.6 Å². The summed E-state index contributed by atoms with van der Waals surface area (Å²) < 4.78 is 32.7. The van der Waals surface area contributed by atoms with Crippen LogP contribution in [0.4, 0.5) is 19.4 Å². The normalized spacial score (nSPS) is 11.8. The van der Waals surface area contributed by atoms with Crippen LogP contribution in [0.5, 0.6) is 0 Å². The second-order valence-corrected chi connectivity index (χ2v) is 7.37. The van der Waals surface area contributed by atoms with Crippen LogP contribution < -0.4 is 10.7 Å². The Kier molecular flexibility index (Phi) is 8.26. The number of carbonyl (C=O) groups excluding carboxylic acids is 2. The van der Waals surface area contributed by atoms with Gasteiger partial charge in [-0.25, -0.2) is 24.0 Å². The first-order chi connectivity index (χ1) is 15.9. The third kappa shape index (κ3) is 6.45. The number of nitrogens with zero attached hydrogens (tertiary/aromatic N) is 2. The van der Waals surface area contributed by atoms with Gasteiger partial charge >= 0.3 is 6.09 Å². The van der Waals surface area contributed by atoms with Crippen molar-refractivity contribution < 1.29 is 23.1 Å². The summed E-state index contributed by atoms with van der Waals surface area (Å²) in [6.07, 6.45) is 1.79. The van der Waals surface area contributed by atoms with Crippen LogP contribution in [-0.4, -0.2) is 34.6 Å². The lowest BCUT2D eigenvalue weighted by Gasteiger charge is -2.31. The van der Waals surface area contributed by atoms with Crippen molar-refractivity contribution in [3.8, 4) is 0 Å². The number of benzene rings is 2. The van der Waals surface area contributed by atoms with Crippen molar-refractivity contribution >= 4 is 28.6 Å². The molecule has 0 fully saturated rings. The fraction of sp³-hybridized carbons (Fsp3) is 0.250. The minimum Gasteiger partial charge on any atom is -0.447 e. The molecule has 0 aliphatic carbocycles. The molecule has 0 aliphatic heterocycles. The van der Waals surface area contributed by atoms with Crippen molar-refractivity contribution in [2.24, 2.45) is 0 Å². The number of fused-ring (bicyclic) bond motifs is 1. The van der Waals surface area contributed by atoms with Crippen molar-refractivity contribution in [2.75, 3.05) is 11.9 Å². The molecule has 33 heavy (non-hydrogen) atoms. The standard InChI is InChI=1S/C24H25F2N4O3/c1-3-7-20(30(16(2)31)28-14-19-10-6-11-21(25)23(19)26)15-33-24(32)29-22-12-17-8-4-5-9-18(17)13-27-22/h4-6,8-13,20,28H,1,3,7,14-15H2,2H3,(H,27,29,32)/t20-/m1/s1. The van der Waals surface area contributed by atoms with Gasteiger partial charge in [0.05, 0.1) is 6.04 Å². The lowest BCUT2D eigenvalue weighted by atomic mass is 10.1. The van der Waals surface area contributed by atoms with E-state index in [0.29, 0.717) is 18.7 Å². The number of carbonyl (C=O) groups is 2. The molecule has 3 rings (SSSR count). The number of hydrazine groups is 1. The zero-order chi connectivity index (χ0) is 23.8. The van der Waals surface area contributed by atoms with Gasteiger partial charge in [-0.3, -0.25) is 15.1 Å². The van der Waals surface area contributed by atoms with Crippen LogP contribution in [0.15, 0.2) is 54.7 Å². The Bertz CT molecular complexity index is 1130. The molecule has 2 N–H and O–H groups in total. The van der Waals surface area contributed by atoms with E-state index < -0.39 is 23.8 Å². The summed E-state index contributed by atoms with van der Waals surface area (Å²) in [6.45, 7) is 4.86. The molecule has 173 valence electrons. The molecule has 1 heterocycles. The van der Waals surface area contributed by atoms with Gasteiger partial charge in [-0.15, -0.1) is 0 Å². The Morgan fingerprint density at radius 3 is 2.64 bits per heavy atom. The molecule has 1 radical (unpaired) electrons. The molecule has 0 spiro atoms. The van der Waals surface area contributed by atoms with Crippen LogP contribution in [0.25, 0.3) is 10.8 Å². The highest BCUT2D eigenvalue weighted by atomic mass is 19.2. The average Bonchev–Trinajstić information content (AvgIpc) is 2.80. The molecule has 7 nitrogen and oxygen atoms in total. The van der Waals surface area contributed by atoms with Crippen LogP contribution >= 0.6 is 0 Å². The minimum absolute atomic E-state index is 0.0654. The van der Waals surface area contributed by atoms with Crippen molar-refractivity contribution in [1.82, 2.24) is 15.4 Å². The highest BCUT2D eigenvalue weighted by Crippen LogP contribution is 2.17. The first-order valence-electron chi connectivity index (χ1n) is 10.4. The second kappa shape index (κ2) is 11.3. The van der Waals surface area contributed by atoms with Gasteiger partial charge in [-0.2, -0.15) is 0 Å². The summed E-state index contributed by atoms with van der Waals surface area (Å²) in [5.74, 6) is -2.00. The van der Waals surface area contributed by atoms with Gasteiger partial charge in [-0.05, 0) is 23.9 Å². The van der Waals surface area contributed by atoms with Gasteiger partial charge in [0.1, 0.15) is 12.4 Å². The summed E-state index contributed by atoms with van der Waals surface area (Å²) >= 11 is 0. The van der Waals surface area contributed by atoms with Gasteiger partial charge in [0.15, 0.2) is 11.6 Å². The van der Waals surface area contributed by atoms with Crippen molar-refractivity contribution in [3.63, 3.8) is 0 Å². The van der Waals surface area contributed by atoms with E-state index in [4.69, 9.17) is 4.74 Å². The molecule has 0 aliphatic rings. The molecular formula is C24H25F2N4O3. The topological polar surface area (TPSA) is 83.6 Å². The maximum atomic E-state index is 13.9. The van der Waals surface area contributed by atoms with E-state index in [1.165, 1.54) is 24.1 Å². The molecule has 0 unspecified atom stereocenters. The van der Waals surface area contributed by atoms with Crippen molar-refractivity contribution in [1.29, 1.82) is 0 Å². The van der Waals surface area contributed by atoms with Gasteiger partial charge in [0.2, 0.25) is 5.91 Å². The summed E-state index contributed by atoms with van der Waals surface area (Å²) in [6, 6.07) is 12.6. The zero-order valence-electron chi connectivity index (χ0n) is 18.2. The smallest absolute Gasteiger partial charge is 0.412 e. The number of pyridine rings is 1. The number of halogens is 2. The Morgan fingerprint density at radius 1 is 1.15 bits per heavy atom. The quantitative estimate of drug-likeness (QED) is 0.461. The predicted molar refractivity (Wildman–Crippen MR) is 121 cm³/mol. The monoisotopic (exact) mass is 455 g/mol. The summed E-state index contributed by atoms with van der Waals surface area (Å²) in [4.78, 5) is 28.7. The fourth-order valence-electron chi connectivity index (χ4n) is 3.34. The Morgan fingerprint density at radius 2 is 1.91 bits per heavy atom. The zero-order valence-corrected chi connectivity index (χ0v) is 18.2. The van der Waals surface area contributed by atoms with Crippen LogP contribution in [0, 0.1) is 18.6 Å². The summed E-state index contributed by atoms with van der Waals surface area (Å²) in [5.41, 5.74) is 2.87. The van der Waals surface area contributed by atoms with E-state index in [2.05, 4.69) is 22.7 Å². The molecule has 2 amide bonds. The molecule has 0 saturated carbocycles. The fourth-order valence-corrected chi connectivity index (χ4v) is 3.34. The molecule has 0 saturated heterocycles. The first-order valence-corrected chi connectivity index (χ1v) is 10.4. The van der Waals surface area contributed by atoms with Crippen LogP contribution in [0.3, 0.4) is 0 Å². The van der Waals surface area contributed by atoms with Crippen LogP contribution in [0.2, 0.25) is 0 Å². The van der Waals surface area contributed by atoms with Gasteiger partial charge in [0.25, 0.3) is 0 Å². The lowest BCUT2D eigenvalue weighted by Crippen LogP contribution is -2.50. The minimum atomic E-state index is -0.985. The van der Waals surface area contributed by atoms with Crippen LogP contribution in [0.1, 0.15) is 25.3 Å². The third-order valence-electron chi connectivity index (χ3n) is 4.98. The molecular weight excluding hydrogens is 430 g/mol. The first kappa shape index (κ1) is 24.1. The molecule has 1 aromatic heterocycles. The number of hydrogen-bond acceptors (Lipinski definition) is 5. The highest BCUT2D eigenvalue weighted by Gasteiger charge is 2.23. The Labute approximate surface area is 190 Å². The van der Waals surface area contributed by atoms with E-state index >= 15 is 0 Å². The largest absolute Gasteiger partial charge is 0.447 e. The number of nitrogens with one attached hydrogen (secondary N) is 2. The molecule has 0 bridgehead atoms. The van der Waals surface area contributed by atoms with Gasteiger partial charge < -0.3 is 4.74 Å². The Balaban J connectivity index is 1.62. The maximum Gasteiger partial charge on any atom is 0.412 e. The number of rotatable bonds is 9.